The predicted molar refractivity (Wildman–Crippen MR) is 69.3 cm³/mol. The number of rotatable bonds is 1. The minimum atomic E-state index is 0.0361. The van der Waals surface area contributed by atoms with E-state index in [0.717, 1.165) is 27.8 Å². The Kier molecular flexibility index (Phi) is 2.65. The van der Waals surface area contributed by atoms with Gasteiger partial charge in [-0.3, -0.25) is 9.48 Å². The Morgan fingerprint density at radius 1 is 1.35 bits per heavy atom. The molecule has 0 aliphatic heterocycles. The monoisotopic (exact) mass is 231 g/mol. The number of carbonyl (C=O) groups is 1. The Bertz CT molecular complexity index is 598. The van der Waals surface area contributed by atoms with Crippen LogP contribution in [0.15, 0.2) is 12.1 Å². The van der Waals surface area contributed by atoms with Crippen LogP contribution in [0.3, 0.4) is 0 Å². The molecule has 1 heterocycles. The minimum Gasteiger partial charge on any atom is -0.315 e. The Hall–Kier alpha value is -1.84. The number of fused-ring (bicyclic) bond motifs is 1. The summed E-state index contributed by atoms with van der Waals surface area (Å²) in [7, 11) is 3.72. The van der Waals surface area contributed by atoms with E-state index in [4.69, 9.17) is 0 Å². The molecular weight excluding hydrogens is 214 g/mol. The highest BCUT2D eigenvalue weighted by molar-refractivity contribution is 5.95. The van der Waals surface area contributed by atoms with Crippen LogP contribution in [0, 0.1) is 13.8 Å². The van der Waals surface area contributed by atoms with E-state index in [1.807, 2.05) is 37.7 Å². The van der Waals surface area contributed by atoms with Gasteiger partial charge in [-0.25, -0.2) is 0 Å². The number of amides is 1. The Balaban J connectivity index is 2.69. The Labute approximate surface area is 101 Å². The van der Waals surface area contributed by atoms with Gasteiger partial charge in [0.05, 0.1) is 5.52 Å². The van der Waals surface area contributed by atoms with Gasteiger partial charge in [-0.1, -0.05) is 0 Å². The van der Waals surface area contributed by atoms with Crippen molar-refractivity contribution in [3.63, 3.8) is 0 Å². The summed E-state index contributed by atoms with van der Waals surface area (Å²) in [6.45, 7) is 5.60. The van der Waals surface area contributed by atoms with Crippen molar-refractivity contribution in [2.75, 3.05) is 11.9 Å². The molecule has 1 aromatic heterocycles. The quantitative estimate of drug-likeness (QED) is 0.754. The molecular formula is C13H17N3O. The highest BCUT2D eigenvalue weighted by atomic mass is 16.2. The zero-order valence-electron chi connectivity index (χ0n) is 10.9. The van der Waals surface area contributed by atoms with E-state index in [1.54, 1.807) is 18.9 Å². The lowest BCUT2D eigenvalue weighted by Gasteiger charge is -2.17. The molecule has 0 fully saturated rings. The molecule has 17 heavy (non-hydrogen) atoms. The summed E-state index contributed by atoms with van der Waals surface area (Å²) in [4.78, 5) is 13.1. The highest BCUT2D eigenvalue weighted by Gasteiger charge is 2.13. The summed E-state index contributed by atoms with van der Waals surface area (Å²) in [6, 6.07) is 4.06. The molecule has 1 amide bonds. The maximum Gasteiger partial charge on any atom is 0.223 e. The average Bonchev–Trinajstić information content (AvgIpc) is 2.52. The number of aryl methyl sites for hydroxylation is 3. The van der Waals surface area contributed by atoms with Gasteiger partial charge in [-0.15, -0.1) is 0 Å². The van der Waals surface area contributed by atoms with Crippen molar-refractivity contribution in [3.8, 4) is 0 Å². The van der Waals surface area contributed by atoms with E-state index in [-0.39, 0.29) is 5.91 Å². The number of aromatic nitrogens is 2. The fraction of sp³-hybridized carbons (Fsp3) is 0.385. The molecule has 0 radical (unpaired) electrons. The molecule has 0 unspecified atom stereocenters. The van der Waals surface area contributed by atoms with Gasteiger partial charge in [-0.2, -0.15) is 5.10 Å². The topological polar surface area (TPSA) is 38.1 Å². The van der Waals surface area contributed by atoms with Crippen LogP contribution in [0.5, 0.6) is 0 Å². The molecule has 0 atom stereocenters. The van der Waals surface area contributed by atoms with Crippen molar-refractivity contribution in [1.29, 1.82) is 0 Å². The van der Waals surface area contributed by atoms with Gasteiger partial charge in [-0.05, 0) is 31.5 Å². The lowest BCUT2D eigenvalue weighted by Crippen LogP contribution is -2.23. The second-order valence-electron chi connectivity index (χ2n) is 4.44. The van der Waals surface area contributed by atoms with Gasteiger partial charge in [0.15, 0.2) is 0 Å². The molecule has 0 aliphatic carbocycles. The lowest BCUT2D eigenvalue weighted by molar-refractivity contribution is -0.116. The normalized spacial score (nSPS) is 10.9. The van der Waals surface area contributed by atoms with Crippen LogP contribution in [-0.2, 0) is 11.8 Å². The fourth-order valence-electron chi connectivity index (χ4n) is 2.00. The third-order valence-electron chi connectivity index (χ3n) is 3.28. The van der Waals surface area contributed by atoms with Crippen molar-refractivity contribution in [2.45, 2.75) is 20.8 Å². The predicted octanol–water partition coefficient (Wildman–Crippen LogP) is 2.17. The van der Waals surface area contributed by atoms with E-state index in [1.165, 1.54) is 0 Å². The first-order chi connectivity index (χ1) is 7.91. The lowest BCUT2D eigenvalue weighted by atomic mass is 10.1. The third kappa shape index (κ3) is 1.79. The first-order valence-corrected chi connectivity index (χ1v) is 5.60. The SMILES string of the molecule is CC(=O)N(C)c1cc2c(C)n(C)nc2cc1C. The molecule has 4 nitrogen and oxygen atoms in total. The van der Waals surface area contributed by atoms with Crippen LogP contribution < -0.4 is 4.90 Å². The van der Waals surface area contributed by atoms with E-state index < -0.39 is 0 Å². The number of hydrogen-bond acceptors (Lipinski definition) is 2. The summed E-state index contributed by atoms with van der Waals surface area (Å²) < 4.78 is 1.86. The van der Waals surface area contributed by atoms with Gasteiger partial charge in [0.1, 0.15) is 0 Å². The van der Waals surface area contributed by atoms with E-state index in [9.17, 15) is 4.79 Å². The number of nitrogens with zero attached hydrogens (tertiary/aromatic N) is 3. The third-order valence-corrected chi connectivity index (χ3v) is 3.28. The van der Waals surface area contributed by atoms with Crippen molar-refractivity contribution >= 4 is 22.5 Å². The van der Waals surface area contributed by atoms with Gasteiger partial charge in [0, 0.05) is 37.8 Å². The van der Waals surface area contributed by atoms with Crippen LogP contribution in [0.25, 0.3) is 10.9 Å². The Morgan fingerprint density at radius 3 is 2.59 bits per heavy atom. The second-order valence-corrected chi connectivity index (χ2v) is 4.44. The number of anilines is 1. The van der Waals surface area contributed by atoms with Gasteiger partial charge < -0.3 is 4.90 Å². The van der Waals surface area contributed by atoms with Gasteiger partial charge in [0.2, 0.25) is 5.91 Å². The molecule has 2 aromatic rings. The molecule has 0 N–H and O–H groups in total. The highest BCUT2D eigenvalue weighted by Crippen LogP contribution is 2.27. The van der Waals surface area contributed by atoms with Crippen LogP contribution >= 0.6 is 0 Å². The number of benzene rings is 1. The molecule has 0 saturated heterocycles. The van der Waals surface area contributed by atoms with Crippen molar-refractivity contribution < 1.29 is 4.79 Å². The fourth-order valence-corrected chi connectivity index (χ4v) is 2.00. The average molecular weight is 231 g/mol. The molecule has 2 rings (SSSR count). The summed E-state index contributed by atoms with van der Waals surface area (Å²) in [5.41, 5.74) is 4.09. The van der Waals surface area contributed by atoms with Crippen molar-refractivity contribution in [3.05, 3.63) is 23.4 Å². The molecule has 0 saturated carbocycles. The van der Waals surface area contributed by atoms with E-state index in [0.29, 0.717) is 0 Å². The van der Waals surface area contributed by atoms with Gasteiger partial charge in [0.25, 0.3) is 0 Å². The summed E-state index contributed by atoms with van der Waals surface area (Å²) in [5, 5.41) is 5.53. The number of carbonyl (C=O) groups excluding carboxylic acids is 1. The largest absolute Gasteiger partial charge is 0.315 e. The minimum absolute atomic E-state index is 0.0361. The smallest absolute Gasteiger partial charge is 0.223 e. The molecule has 4 heteroatoms. The summed E-state index contributed by atoms with van der Waals surface area (Å²) in [5.74, 6) is 0.0361. The first-order valence-electron chi connectivity index (χ1n) is 5.60. The Morgan fingerprint density at radius 2 is 2.00 bits per heavy atom. The van der Waals surface area contributed by atoms with Crippen LogP contribution in [0.1, 0.15) is 18.2 Å². The van der Waals surface area contributed by atoms with Crippen LogP contribution in [0.4, 0.5) is 5.69 Å². The van der Waals surface area contributed by atoms with Crippen LogP contribution in [0.2, 0.25) is 0 Å². The molecule has 1 aromatic carbocycles. The van der Waals surface area contributed by atoms with Crippen molar-refractivity contribution in [2.24, 2.45) is 7.05 Å². The zero-order valence-corrected chi connectivity index (χ0v) is 10.9. The maximum absolute atomic E-state index is 11.4. The van der Waals surface area contributed by atoms with Gasteiger partial charge >= 0.3 is 0 Å². The molecule has 0 spiro atoms. The zero-order chi connectivity index (χ0) is 12.7. The molecule has 90 valence electrons. The van der Waals surface area contributed by atoms with E-state index in [2.05, 4.69) is 5.10 Å². The van der Waals surface area contributed by atoms with Crippen LogP contribution in [-0.4, -0.2) is 22.7 Å². The van der Waals surface area contributed by atoms with Crippen molar-refractivity contribution in [1.82, 2.24) is 9.78 Å². The molecule has 0 aliphatic rings. The summed E-state index contributed by atoms with van der Waals surface area (Å²) >= 11 is 0. The first kappa shape index (κ1) is 11.6. The number of hydrogen-bond donors (Lipinski definition) is 0. The second kappa shape index (κ2) is 3.87. The maximum atomic E-state index is 11.4. The molecule has 0 bridgehead atoms. The summed E-state index contributed by atoms with van der Waals surface area (Å²) in [6.07, 6.45) is 0. The van der Waals surface area contributed by atoms with E-state index >= 15 is 0 Å². The standard InChI is InChI=1S/C13H17N3O/c1-8-6-12-11(9(2)16(5)14-12)7-13(8)15(4)10(3)17/h6-7H,1-5H3.